The monoisotopic (exact) mass is 420 g/mol. The first-order valence-electron chi connectivity index (χ1n) is 4.78. The average Bonchev–Trinajstić information content (AvgIpc) is 2.94. The number of pyridine rings is 1. The second kappa shape index (κ2) is 4.66. The molecule has 6 heteroatoms. The van der Waals surface area contributed by atoms with Gasteiger partial charge in [0.2, 0.25) is 0 Å². The molecule has 3 rings (SSSR count). The first-order valence-corrected chi connectivity index (χ1v) is 8.89. The van der Waals surface area contributed by atoms with Crippen LogP contribution < -0.4 is 0 Å². The third kappa shape index (κ3) is 2.02. The van der Waals surface area contributed by atoms with Crippen LogP contribution in [0.25, 0.3) is 22.3 Å². The van der Waals surface area contributed by atoms with Crippen LogP contribution in [0.4, 0.5) is 0 Å². The van der Waals surface area contributed by atoms with Gasteiger partial charge in [0.15, 0.2) is 5.65 Å². The predicted octanol–water partition coefficient (Wildman–Crippen LogP) is 4.91. The van der Waals surface area contributed by atoms with Crippen molar-refractivity contribution in [3.8, 4) is 11.3 Å². The molecule has 3 nitrogen and oxygen atoms in total. The number of hydrogen-bond donors (Lipinski definition) is 0. The highest BCUT2D eigenvalue weighted by Crippen LogP contribution is 2.34. The van der Waals surface area contributed by atoms with E-state index in [1.54, 1.807) is 21.6 Å². The Bertz CT molecular complexity index is 665. The second-order valence-corrected chi connectivity index (χ2v) is 6.07. The first kappa shape index (κ1) is 11.6. The molecule has 0 bridgehead atoms. The number of hydrogen-bond acceptors (Lipinski definition) is 3. The third-order valence-electron chi connectivity index (χ3n) is 2.45. The van der Waals surface area contributed by atoms with Crippen LogP contribution in [0.5, 0.6) is 0 Å². The van der Waals surface area contributed by atoms with E-state index in [9.17, 15) is 0 Å². The van der Waals surface area contributed by atoms with Crippen molar-refractivity contribution >= 4 is 57.3 Å². The molecule has 0 fully saturated rings. The predicted molar refractivity (Wildman–Crippen MR) is 82.1 cm³/mol. The van der Waals surface area contributed by atoms with Crippen LogP contribution in [0.2, 0.25) is 0 Å². The lowest BCUT2D eigenvalue weighted by Gasteiger charge is -2.01. The van der Waals surface area contributed by atoms with Gasteiger partial charge in [-0.2, -0.15) is 0 Å². The van der Waals surface area contributed by atoms with Gasteiger partial charge in [0.1, 0.15) is 0 Å². The van der Waals surface area contributed by atoms with Crippen molar-refractivity contribution in [3.63, 3.8) is 0 Å². The maximum absolute atomic E-state index is 5.13. The number of rotatable bonds is 2. The Morgan fingerprint density at radius 2 is 2.29 bits per heavy atom. The van der Waals surface area contributed by atoms with E-state index in [1.807, 2.05) is 12.3 Å². The van der Waals surface area contributed by atoms with Gasteiger partial charge in [-0.1, -0.05) is 0 Å². The minimum absolute atomic E-state index is 0.962. The zero-order valence-electron chi connectivity index (χ0n) is 8.43. The Morgan fingerprint density at radius 3 is 3.00 bits per heavy atom. The maximum Gasteiger partial charge on any atom is 0.151 e. The standard InChI is InChI=1S/C11H6BrIN2OS/c12-9-3-8-4-10(7-1-2-16-6-7)15(17-13)11(8)14-5-9/h1-6H. The molecule has 3 aromatic rings. The van der Waals surface area contributed by atoms with E-state index in [0.717, 1.165) is 26.8 Å². The van der Waals surface area contributed by atoms with Gasteiger partial charge in [0, 0.05) is 51.9 Å². The molecule has 0 atom stereocenters. The van der Waals surface area contributed by atoms with E-state index in [1.165, 1.54) is 0 Å². The highest BCUT2D eigenvalue weighted by Gasteiger charge is 2.12. The van der Waals surface area contributed by atoms with Crippen molar-refractivity contribution in [3.05, 3.63) is 41.4 Å². The lowest BCUT2D eigenvalue weighted by atomic mass is 10.2. The zero-order valence-corrected chi connectivity index (χ0v) is 13.0. The van der Waals surface area contributed by atoms with Gasteiger partial charge in [0.25, 0.3) is 0 Å². The van der Waals surface area contributed by atoms with Crippen molar-refractivity contribution in [1.82, 2.24) is 8.96 Å². The largest absolute Gasteiger partial charge is 0.472 e. The molecule has 17 heavy (non-hydrogen) atoms. The highest BCUT2D eigenvalue weighted by molar-refractivity contribution is 14.2. The topological polar surface area (TPSA) is 31.0 Å². The molecule has 0 aliphatic rings. The summed E-state index contributed by atoms with van der Waals surface area (Å²) in [6, 6.07) is 6.13. The molecule has 0 aromatic carbocycles. The summed E-state index contributed by atoms with van der Waals surface area (Å²) in [6.45, 7) is 0. The fourth-order valence-corrected chi connectivity index (χ4v) is 3.72. The molecule has 0 amide bonds. The SMILES string of the molecule is Brc1cnc2c(c1)cc(-c1ccoc1)n2SI. The van der Waals surface area contributed by atoms with E-state index >= 15 is 0 Å². The summed E-state index contributed by atoms with van der Waals surface area (Å²) in [5.41, 5.74) is 3.12. The van der Waals surface area contributed by atoms with E-state index in [-0.39, 0.29) is 0 Å². The van der Waals surface area contributed by atoms with Crippen LogP contribution in [0.3, 0.4) is 0 Å². The van der Waals surface area contributed by atoms with Crippen molar-refractivity contribution in [2.75, 3.05) is 0 Å². The van der Waals surface area contributed by atoms with Gasteiger partial charge in [0.05, 0.1) is 18.2 Å². The van der Waals surface area contributed by atoms with Gasteiger partial charge >= 0.3 is 0 Å². The number of nitrogens with zero attached hydrogens (tertiary/aromatic N) is 2. The van der Waals surface area contributed by atoms with Crippen molar-refractivity contribution in [2.24, 2.45) is 0 Å². The zero-order chi connectivity index (χ0) is 11.8. The van der Waals surface area contributed by atoms with E-state index in [0.29, 0.717) is 0 Å². The molecule has 0 unspecified atom stereocenters. The Balaban J connectivity index is 2.31. The summed E-state index contributed by atoms with van der Waals surface area (Å²) in [5, 5.41) is 1.11. The number of aromatic nitrogens is 2. The van der Waals surface area contributed by atoms with Gasteiger partial charge < -0.3 is 4.42 Å². The molecule has 0 saturated carbocycles. The smallest absolute Gasteiger partial charge is 0.151 e. The van der Waals surface area contributed by atoms with Crippen LogP contribution in [0.1, 0.15) is 0 Å². The first-order chi connectivity index (χ1) is 8.29. The third-order valence-corrected chi connectivity index (χ3v) is 4.57. The molecular weight excluding hydrogens is 415 g/mol. The maximum atomic E-state index is 5.13. The Hall–Kier alpha value is -0.470. The van der Waals surface area contributed by atoms with Gasteiger partial charge in [-0.3, -0.25) is 3.97 Å². The van der Waals surface area contributed by atoms with Crippen LogP contribution in [-0.4, -0.2) is 8.96 Å². The van der Waals surface area contributed by atoms with Crippen molar-refractivity contribution in [1.29, 1.82) is 0 Å². The molecule has 3 aromatic heterocycles. The summed E-state index contributed by atoms with van der Waals surface area (Å²) in [6.07, 6.45) is 5.23. The van der Waals surface area contributed by atoms with E-state index in [4.69, 9.17) is 4.42 Å². The van der Waals surface area contributed by atoms with Gasteiger partial charge in [-0.05, 0) is 34.1 Å². The van der Waals surface area contributed by atoms with Gasteiger partial charge in [-0.15, -0.1) is 0 Å². The minimum Gasteiger partial charge on any atom is -0.472 e. The number of furan rings is 1. The molecule has 0 aliphatic heterocycles. The summed E-state index contributed by atoms with van der Waals surface area (Å²) in [7, 11) is 1.60. The van der Waals surface area contributed by atoms with E-state index in [2.05, 4.69) is 58.2 Å². The summed E-state index contributed by atoms with van der Waals surface area (Å²) in [4.78, 5) is 4.44. The van der Waals surface area contributed by atoms with Crippen LogP contribution in [0.15, 0.2) is 45.8 Å². The lowest BCUT2D eigenvalue weighted by molar-refractivity contribution is 0.568. The van der Waals surface area contributed by atoms with Crippen molar-refractivity contribution < 1.29 is 4.42 Å². The second-order valence-electron chi connectivity index (χ2n) is 3.47. The highest BCUT2D eigenvalue weighted by atomic mass is 127. The molecule has 0 spiro atoms. The van der Waals surface area contributed by atoms with Gasteiger partial charge in [-0.25, -0.2) is 4.98 Å². The van der Waals surface area contributed by atoms with Crippen molar-refractivity contribution in [2.45, 2.75) is 0 Å². The molecule has 0 aliphatic carbocycles. The Kier molecular flexibility index (Phi) is 3.18. The number of halogens is 2. The fourth-order valence-electron chi connectivity index (χ4n) is 1.72. The lowest BCUT2D eigenvalue weighted by Crippen LogP contribution is -1.87. The average molecular weight is 421 g/mol. The summed E-state index contributed by atoms with van der Waals surface area (Å²) in [5.74, 6) is 0. The quantitative estimate of drug-likeness (QED) is 0.552. The van der Waals surface area contributed by atoms with Crippen LogP contribution in [0, 0.1) is 0 Å². The summed E-state index contributed by atoms with van der Waals surface area (Å²) < 4.78 is 8.21. The molecule has 86 valence electrons. The molecule has 3 heterocycles. The summed E-state index contributed by atoms with van der Waals surface area (Å²) >= 11 is 5.69. The number of fused-ring (bicyclic) bond motifs is 1. The Labute approximate surface area is 122 Å². The normalized spacial score (nSPS) is 11.2. The van der Waals surface area contributed by atoms with Crippen LogP contribution in [-0.2, 0) is 0 Å². The molecule has 0 saturated heterocycles. The molecule has 0 N–H and O–H groups in total. The Morgan fingerprint density at radius 1 is 1.41 bits per heavy atom. The van der Waals surface area contributed by atoms with Crippen LogP contribution >= 0.6 is 46.3 Å². The molecular formula is C11H6BrIN2OS. The molecule has 0 radical (unpaired) electrons. The van der Waals surface area contributed by atoms with E-state index < -0.39 is 0 Å². The fraction of sp³-hybridized carbons (Fsp3) is 0. The minimum atomic E-state index is 0.962.